The van der Waals surface area contributed by atoms with Gasteiger partial charge >= 0.3 is 0 Å². The molecule has 0 radical (unpaired) electrons. The van der Waals surface area contributed by atoms with Gasteiger partial charge in [-0.05, 0) is 20.3 Å². The molecule has 20 heavy (non-hydrogen) atoms. The predicted octanol–water partition coefficient (Wildman–Crippen LogP) is 1.63. The third-order valence-electron chi connectivity index (χ3n) is 3.27. The summed E-state index contributed by atoms with van der Waals surface area (Å²) in [5.74, 6) is 0.901. The first-order valence-corrected chi connectivity index (χ1v) is 6.91. The molecule has 0 amide bonds. The van der Waals surface area contributed by atoms with E-state index < -0.39 is 0 Å². The zero-order chi connectivity index (χ0) is 15.0. The monoisotopic (exact) mass is 282 g/mol. The molecule has 0 aromatic carbocycles. The molecular weight excluding hydrogens is 256 g/mol. The second-order valence-corrected chi connectivity index (χ2v) is 4.90. The normalized spacial score (nSPS) is 12.4. The van der Waals surface area contributed by atoms with E-state index in [4.69, 9.17) is 19.9 Å². The molecule has 0 fully saturated rings. The number of ether oxygens (including phenoxy) is 3. The summed E-state index contributed by atoms with van der Waals surface area (Å²) in [7, 11) is 3.34. The van der Waals surface area contributed by atoms with Crippen molar-refractivity contribution in [3.05, 3.63) is 23.0 Å². The van der Waals surface area contributed by atoms with E-state index in [1.165, 1.54) is 0 Å². The highest BCUT2D eigenvalue weighted by Gasteiger charge is 2.12. The SMILES string of the molecule is COCCOCCC(N)Cc1ncc(C)c(OC)c1C. The average Bonchev–Trinajstić information content (AvgIpc) is 2.42. The number of hydrogen-bond acceptors (Lipinski definition) is 5. The Morgan fingerprint density at radius 2 is 1.95 bits per heavy atom. The highest BCUT2D eigenvalue weighted by atomic mass is 16.5. The predicted molar refractivity (Wildman–Crippen MR) is 79.3 cm³/mol. The van der Waals surface area contributed by atoms with Crippen molar-refractivity contribution < 1.29 is 14.2 Å². The second kappa shape index (κ2) is 8.89. The molecule has 1 unspecified atom stereocenters. The lowest BCUT2D eigenvalue weighted by Gasteiger charge is -2.15. The van der Waals surface area contributed by atoms with Crippen molar-refractivity contribution >= 4 is 0 Å². The fourth-order valence-corrected chi connectivity index (χ4v) is 2.11. The van der Waals surface area contributed by atoms with Crippen LogP contribution < -0.4 is 10.5 Å². The summed E-state index contributed by atoms with van der Waals surface area (Å²) in [6, 6.07) is 0.0381. The largest absolute Gasteiger partial charge is 0.496 e. The van der Waals surface area contributed by atoms with Gasteiger partial charge in [-0.15, -0.1) is 0 Å². The quantitative estimate of drug-likeness (QED) is 0.697. The number of rotatable bonds is 9. The maximum Gasteiger partial charge on any atom is 0.128 e. The van der Waals surface area contributed by atoms with Gasteiger partial charge in [0.15, 0.2) is 0 Å². The molecule has 0 aliphatic carbocycles. The summed E-state index contributed by atoms with van der Waals surface area (Å²) in [5, 5.41) is 0. The lowest BCUT2D eigenvalue weighted by atomic mass is 10.0. The lowest BCUT2D eigenvalue weighted by molar-refractivity contribution is 0.0672. The molecule has 5 heteroatoms. The van der Waals surface area contributed by atoms with Crippen LogP contribution in [0.3, 0.4) is 0 Å². The van der Waals surface area contributed by atoms with Gasteiger partial charge in [-0.3, -0.25) is 4.98 Å². The molecule has 2 N–H and O–H groups in total. The van der Waals surface area contributed by atoms with E-state index in [9.17, 15) is 0 Å². The van der Waals surface area contributed by atoms with Crippen molar-refractivity contribution in [2.75, 3.05) is 34.0 Å². The molecule has 0 saturated heterocycles. The number of aryl methyl sites for hydroxylation is 1. The number of aromatic nitrogens is 1. The molecule has 0 aliphatic rings. The van der Waals surface area contributed by atoms with E-state index in [1.807, 2.05) is 20.0 Å². The summed E-state index contributed by atoms with van der Waals surface area (Å²) >= 11 is 0. The molecular formula is C15H26N2O3. The van der Waals surface area contributed by atoms with Crippen molar-refractivity contribution in [1.29, 1.82) is 0 Å². The van der Waals surface area contributed by atoms with Gasteiger partial charge in [0.2, 0.25) is 0 Å². The third-order valence-corrected chi connectivity index (χ3v) is 3.27. The van der Waals surface area contributed by atoms with E-state index in [0.29, 0.717) is 19.8 Å². The van der Waals surface area contributed by atoms with Crippen LogP contribution in [-0.2, 0) is 15.9 Å². The van der Waals surface area contributed by atoms with Gasteiger partial charge in [0, 0.05) is 49.2 Å². The zero-order valence-electron chi connectivity index (χ0n) is 12.9. The van der Waals surface area contributed by atoms with E-state index >= 15 is 0 Å². The standard InChI is InChI=1S/C15H26N2O3/c1-11-10-17-14(12(2)15(11)19-4)9-13(16)5-6-20-8-7-18-3/h10,13H,5-9,16H2,1-4H3. The van der Waals surface area contributed by atoms with E-state index in [0.717, 1.165) is 35.4 Å². The number of methoxy groups -OCH3 is 2. The van der Waals surface area contributed by atoms with Crippen molar-refractivity contribution in [1.82, 2.24) is 4.98 Å². The van der Waals surface area contributed by atoms with Crippen LogP contribution in [0.15, 0.2) is 6.20 Å². The summed E-state index contributed by atoms with van der Waals surface area (Å²) in [6.07, 6.45) is 3.38. The van der Waals surface area contributed by atoms with Crippen molar-refractivity contribution in [2.24, 2.45) is 5.73 Å². The first-order valence-electron chi connectivity index (χ1n) is 6.91. The minimum atomic E-state index is 0.0381. The van der Waals surface area contributed by atoms with Gasteiger partial charge in [-0.25, -0.2) is 0 Å². The van der Waals surface area contributed by atoms with Gasteiger partial charge in [0.1, 0.15) is 5.75 Å². The van der Waals surface area contributed by atoms with Crippen LogP contribution in [0.2, 0.25) is 0 Å². The Kier molecular flexibility index (Phi) is 7.51. The molecule has 0 spiro atoms. The molecule has 5 nitrogen and oxygen atoms in total. The van der Waals surface area contributed by atoms with Crippen LogP contribution in [0.5, 0.6) is 5.75 Å². The molecule has 1 rings (SSSR count). The molecule has 0 aliphatic heterocycles. The van der Waals surface area contributed by atoms with Gasteiger partial charge in [0.05, 0.1) is 20.3 Å². The van der Waals surface area contributed by atoms with Crippen LogP contribution in [0, 0.1) is 13.8 Å². The van der Waals surface area contributed by atoms with E-state index in [1.54, 1.807) is 14.2 Å². The Morgan fingerprint density at radius 1 is 1.20 bits per heavy atom. The van der Waals surface area contributed by atoms with Crippen LogP contribution in [0.4, 0.5) is 0 Å². The Morgan fingerprint density at radius 3 is 2.60 bits per heavy atom. The molecule has 0 bridgehead atoms. The first-order chi connectivity index (χ1) is 9.60. The molecule has 1 heterocycles. The minimum absolute atomic E-state index is 0.0381. The summed E-state index contributed by atoms with van der Waals surface area (Å²) in [5.41, 5.74) is 9.24. The molecule has 1 aromatic heterocycles. The Hall–Kier alpha value is -1.17. The number of nitrogens with zero attached hydrogens (tertiary/aromatic N) is 1. The number of pyridine rings is 1. The van der Waals surface area contributed by atoms with Gasteiger partial charge in [-0.1, -0.05) is 0 Å². The van der Waals surface area contributed by atoms with Crippen LogP contribution >= 0.6 is 0 Å². The van der Waals surface area contributed by atoms with Gasteiger partial charge in [-0.2, -0.15) is 0 Å². The maximum atomic E-state index is 6.13. The number of nitrogens with two attached hydrogens (primary N) is 1. The summed E-state index contributed by atoms with van der Waals surface area (Å²) < 4.78 is 15.7. The minimum Gasteiger partial charge on any atom is -0.496 e. The first kappa shape index (κ1) is 16.9. The van der Waals surface area contributed by atoms with Crippen molar-refractivity contribution in [3.63, 3.8) is 0 Å². The highest BCUT2D eigenvalue weighted by molar-refractivity contribution is 5.41. The third kappa shape index (κ3) is 5.07. The van der Waals surface area contributed by atoms with Gasteiger partial charge < -0.3 is 19.9 Å². The van der Waals surface area contributed by atoms with Crippen LogP contribution in [0.25, 0.3) is 0 Å². The zero-order valence-corrected chi connectivity index (χ0v) is 12.9. The van der Waals surface area contributed by atoms with Gasteiger partial charge in [0.25, 0.3) is 0 Å². The van der Waals surface area contributed by atoms with E-state index in [2.05, 4.69) is 4.98 Å². The topological polar surface area (TPSA) is 66.6 Å². The highest BCUT2D eigenvalue weighted by Crippen LogP contribution is 2.24. The lowest BCUT2D eigenvalue weighted by Crippen LogP contribution is -2.26. The number of hydrogen-bond donors (Lipinski definition) is 1. The Labute approximate surface area is 121 Å². The Balaban J connectivity index is 2.47. The average molecular weight is 282 g/mol. The molecule has 114 valence electrons. The fraction of sp³-hybridized carbons (Fsp3) is 0.667. The molecule has 1 atom stereocenters. The van der Waals surface area contributed by atoms with Crippen molar-refractivity contribution in [3.8, 4) is 5.75 Å². The van der Waals surface area contributed by atoms with Crippen molar-refractivity contribution in [2.45, 2.75) is 32.7 Å². The summed E-state index contributed by atoms with van der Waals surface area (Å²) in [4.78, 5) is 4.46. The molecule has 1 aromatic rings. The Bertz CT molecular complexity index is 410. The smallest absolute Gasteiger partial charge is 0.128 e. The fourth-order valence-electron chi connectivity index (χ4n) is 2.11. The second-order valence-electron chi connectivity index (χ2n) is 4.90. The van der Waals surface area contributed by atoms with E-state index in [-0.39, 0.29) is 6.04 Å². The summed E-state index contributed by atoms with van der Waals surface area (Å²) in [6.45, 7) is 5.89. The van der Waals surface area contributed by atoms with Crippen LogP contribution in [-0.4, -0.2) is 45.1 Å². The molecule has 0 saturated carbocycles. The maximum absolute atomic E-state index is 6.13. The van der Waals surface area contributed by atoms with Crippen LogP contribution in [0.1, 0.15) is 23.2 Å².